The monoisotopic (exact) mass is 292 g/mol. The molecule has 1 aromatic rings. The van der Waals surface area contributed by atoms with Gasteiger partial charge in [-0.3, -0.25) is 0 Å². The maximum atomic E-state index is 9.63. The molecule has 1 atom stereocenters. The molecule has 0 saturated heterocycles. The van der Waals surface area contributed by atoms with Gasteiger partial charge in [0.2, 0.25) is 0 Å². The van der Waals surface area contributed by atoms with Crippen LogP contribution in [0, 0.1) is 6.92 Å². The van der Waals surface area contributed by atoms with Crippen molar-refractivity contribution in [3.8, 4) is 5.75 Å². The van der Waals surface area contributed by atoms with Gasteiger partial charge < -0.3 is 16.2 Å². The standard InChI is InChI=1S/C16H26N2O.C2H6/c1-12-7-8-15(11-16(12)19)9-10-18-14(3)6-4-5-13(2)17;1-2/h7-8,11,13,18-19H,3-6,9-10,17H2,1-2H3;1-2H3. The molecule has 0 heterocycles. The van der Waals surface area contributed by atoms with E-state index in [1.807, 2.05) is 39.8 Å². The van der Waals surface area contributed by atoms with Crippen molar-refractivity contribution in [2.75, 3.05) is 6.54 Å². The molecular formula is C18H32N2O. The van der Waals surface area contributed by atoms with Crippen molar-refractivity contribution in [2.45, 2.75) is 59.4 Å². The summed E-state index contributed by atoms with van der Waals surface area (Å²) in [6.07, 6.45) is 3.97. The predicted molar refractivity (Wildman–Crippen MR) is 92.5 cm³/mol. The fraction of sp³-hybridized carbons (Fsp3) is 0.556. The van der Waals surface area contributed by atoms with Crippen LogP contribution >= 0.6 is 0 Å². The molecule has 0 aromatic heterocycles. The minimum atomic E-state index is 0.267. The van der Waals surface area contributed by atoms with Crippen LogP contribution in [-0.4, -0.2) is 17.7 Å². The normalized spacial score (nSPS) is 11.3. The Hall–Kier alpha value is -1.48. The largest absolute Gasteiger partial charge is 0.508 e. The summed E-state index contributed by atoms with van der Waals surface area (Å²) < 4.78 is 0. The maximum absolute atomic E-state index is 9.63. The Morgan fingerprint density at radius 2 is 2.05 bits per heavy atom. The van der Waals surface area contributed by atoms with Gasteiger partial charge in [0.15, 0.2) is 0 Å². The Morgan fingerprint density at radius 1 is 1.38 bits per heavy atom. The number of hydrogen-bond acceptors (Lipinski definition) is 3. The van der Waals surface area contributed by atoms with Crippen LogP contribution in [0.4, 0.5) is 0 Å². The van der Waals surface area contributed by atoms with Crippen LogP contribution in [0.15, 0.2) is 30.5 Å². The molecule has 0 spiro atoms. The topological polar surface area (TPSA) is 58.3 Å². The molecule has 120 valence electrons. The van der Waals surface area contributed by atoms with Gasteiger partial charge in [-0.05, 0) is 56.7 Å². The van der Waals surface area contributed by atoms with Crippen LogP contribution in [-0.2, 0) is 6.42 Å². The summed E-state index contributed by atoms with van der Waals surface area (Å²) in [6, 6.07) is 6.09. The summed E-state index contributed by atoms with van der Waals surface area (Å²) in [7, 11) is 0. The minimum absolute atomic E-state index is 0.267. The van der Waals surface area contributed by atoms with E-state index in [-0.39, 0.29) is 6.04 Å². The number of phenolic OH excluding ortho intramolecular Hbond substituents is 1. The molecule has 0 aliphatic carbocycles. The number of nitrogens with one attached hydrogen (secondary N) is 1. The second-order valence-corrected chi connectivity index (χ2v) is 5.27. The summed E-state index contributed by atoms with van der Waals surface area (Å²) in [5.74, 6) is 0.369. The molecule has 4 N–H and O–H groups in total. The molecule has 0 aliphatic heterocycles. The van der Waals surface area contributed by atoms with Crippen LogP contribution in [0.1, 0.15) is 51.2 Å². The lowest BCUT2D eigenvalue weighted by Crippen LogP contribution is -2.18. The molecule has 3 nitrogen and oxygen atoms in total. The third kappa shape index (κ3) is 9.14. The molecule has 3 heteroatoms. The predicted octanol–water partition coefficient (Wildman–Crippen LogP) is 3.89. The van der Waals surface area contributed by atoms with Crippen LogP contribution in [0.2, 0.25) is 0 Å². The van der Waals surface area contributed by atoms with Crippen molar-refractivity contribution >= 4 is 0 Å². The van der Waals surface area contributed by atoms with Crippen molar-refractivity contribution in [1.29, 1.82) is 0 Å². The number of aryl methyl sites for hydroxylation is 1. The number of benzene rings is 1. The Labute approximate surface area is 130 Å². The van der Waals surface area contributed by atoms with E-state index in [1.54, 1.807) is 0 Å². The molecule has 0 saturated carbocycles. The van der Waals surface area contributed by atoms with Gasteiger partial charge in [0.25, 0.3) is 0 Å². The average Bonchev–Trinajstić information content (AvgIpc) is 2.44. The first-order chi connectivity index (χ1) is 9.99. The second kappa shape index (κ2) is 11.2. The summed E-state index contributed by atoms with van der Waals surface area (Å²) >= 11 is 0. The first kappa shape index (κ1) is 19.5. The number of rotatable bonds is 8. The fourth-order valence-electron chi connectivity index (χ4n) is 1.92. The molecule has 0 bridgehead atoms. The van der Waals surface area contributed by atoms with Gasteiger partial charge in [-0.15, -0.1) is 0 Å². The highest BCUT2D eigenvalue weighted by atomic mass is 16.3. The first-order valence-electron chi connectivity index (χ1n) is 7.94. The molecule has 1 aromatic carbocycles. The molecule has 0 amide bonds. The fourth-order valence-corrected chi connectivity index (χ4v) is 1.92. The Morgan fingerprint density at radius 3 is 2.62 bits per heavy atom. The van der Waals surface area contributed by atoms with Gasteiger partial charge in [0, 0.05) is 18.3 Å². The Kier molecular flexibility index (Phi) is 10.4. The lowest BCUT2D eigenvalue weighted by Gasteiger charge is -2.11. The molecule has 0 fully saturated rings. The minimum Gasteiger partial charge on any atom is -0.508 e. The zero-order valence-corrected chi connectivity index (χ0v) is 14.1. The average molecular weight is 292 g/mol. The number of nitrogens with two attached hydrogens (primary N) is 1. The number of allylic oxidation sites excluding steroid dienone is 1. The smallest absolute Gasteiger partial charge is 0.118 e. The molecule has 1 unspecified atom stereocenters. The number of hydrogen-bond donors (Lipinski definition) is 3. The number of phenols is 1. The molecule has 21 heavy (non-hydrogen) atoms. The van der Waals surface area contributed by atoms with Gasteiger partial charge in [-0.1, -0.05) is 32.6 Å². The highest BCUT2D eigenvalue weighted by molar-refractivity contribution is 5.35. The first-order valence-corrected chi connectivity index (χ1v) is 7.94. The van der Waals surface area contributed by atoms with Gasteiger partial charge in [0.05, 0.1) is 0 Å². The van der Waals surface area contributed by atoms with Crippen molar-refractivity contribution < 1.29 is 5.11 Å². The SMILES string of the molecule is C=C(CCCC(C)N)NCCc1ccc(C)c(O)c1.CC. The zero-order valence-electron chi connectivity index (χ0n) is 14.1. The van der Waals surface area contributed by atoms with Gasteiger partial charge in [-0.25, -0.2) is 0 Å². The zero-order chi connectivity index (χ0) is 16.3. The highest BCUT2D eigenvalue weighted by Crippen LogP contribution is 2.17. The van der Waals surface area contributed by atoms with Crippen LogP contribution in [0.3, 0.4) is 0 Å². The Balaban J connectivity index is 0.00000191. The Bertz CT molecular complexity index is 414. The van der Waals surface area contributed by atoms with E-state index >= 15 is 0 Å². The quantitative estimate of drug-likeness (QED) is 0.681. The summed E-state index contributed by atoms with van der Waals surface area (Å²) in [5.41, 5.74) is 8.83. The summed E-state index contributed by atoms with van der Waals surface area (Å²) in [5, 5.41) is 12.9. The van der Waals surface area contributed by atoms with Crippen LogP contribution in [0.25, 0.3) is 0 Å². The van der Waals surface area contributed by atoms with E-state index in [0.717, 1.165) is 49.1 Å². The summed E-state index contributed by atoms with van der Waals surface area (Å²) in [4.78, 5) is 0. The highest BCUT2D eigenvalue weighted by Gasteiger charge is 2.00. The second-order valence-electron chi connectivity index (χ2n) is 5.27. The van der Waals surface area contributed by atoms with Crippen molar-refractivity contribution in [2.24, 2.45) is 5.73 Å². The third-order valence-corrected chi connectivity index (χ3v) is 3.20. The van der Waals surface area contributed by atoms with E-state index in [0.29, 0.717) is 5.75 Å². The van der Waals surface area contributed by atoms with Crippen LogP contribution < -0.4 is 11.1 Å². The van der Waals surface area contributed by atoms with Crippen molar-refractivity contribution in [3.05, 3.63) is 41.6 Å². The molecule has 0 aliphatic rings. The van der Waals surface area contributed by atoms with E-state index < -0.39 is 0 Å². The third-order valence-electron chi connectivity index (χ3n) is 3.20. The van der Waals surface area contributed by atoms with Gasteiger partial charge in [0.1, 0.15) is 5.75 Å². The summed E-state index contributed by atoms with van der Waals surface area (Å²) in [6.45, 7) is 12.8. The van der Waals surface area contributed by atoms with Crippen LogP contribution in [0.5, 0.6) is 5.75 Å². The van der Waals surface area contributed by atoms with E-state index in [2.05, 4.69) is 18.0 Å². The lowest BCUT2D eigenvalue weighted by atomic mass is 10.1. The molecule has 1 rings (SSSR count). The van der Waals surface area contributed by atoms with Crippen molar-refractivity contribution in [3.63, 3.8) is 0 Å². The maximum Gasteiger partial charge on any atom is 0.118 e. The van der Waals surface area contributed by atoms with E-state index in [4.69, 9.17) is 5.73 Å². The lowest BCUT2D eigenvalue weighted by molar-refractivity contribution is 0.470. The van der Waals surface area contributed by atoms with E-state index in [1.165, 1.54) is 0 Å². The molecule has 0 radical (unpaired) electrons. The molecular weight excluding hydrogens is 260 g/mol. The van der Waals surface area contributed by atoms with Crippen molar-refractivity contribution in [1.82, 2.24) is 5.32 Å². The number of aromatic hydroxyl groups is 1. The van der Waals surface area contributed by atoms with E-state index in [9.17, 15) is 5.11 Å². The van der Waals surface area contributed by atoms with Gasteiger partial charge >= 0.3 is 0 Å². The van der Waals surface area contributed by atoms with Gasteiger partial charge in [-0.2, -0.15) is 0 Å².